The quantitative estimate of drug-likeness (QED) is 0.907. The standard InChI is InChI=1S/C19H23N3O2/c1-21-12-13-22(18-5-3-2-4-17(18)21)19(24)20-11-10-15-6-8-16(14-23)9-7-15/h2-9,23H,10-14H2,1H3,(H,20,24). The summed E-state index contributed by atoms with van der Waals surface area (Å²) in [7, 11) is 2.05. The van der Waals surface area contributed by atoms with Crippen molar-refractivity contribution in [3.63, 3.8) is 0 Å². The Bertz CT molecular complexity index is 700. The topological polar surface area (TPSA) is 55.8 Å². The minimum atomic E-state index is -0.0532. The van der Waals surface area contributed by atoms with Gasteiger partial charge in [0.25, 0.3) is 0 Å². The lowest BCUT2D eigenvalue weighted by Crippen LogP contribution is -2.47. The zero-order valence-electron chi connectivity index (χ0n) is 13.9. The molecule has 0 bridgehead atoms. The average molecular weight is 325 g/mol. The molecule has 0 unspecified atom stereocenters. The van der Waals surface area contributed by atoms with Gasteiger partial charge in [-0.2, -0.15) is 0 Å². The lowest BCUT2D eigenvalue weighted by molar-refractivity contribution is 0.246. The van der Waals surface area contributed by atoms with Crippen LogP contribution in [0.2, 0.25) is 0 Å². The number of nitrogens with zero attached hydrogens (tertiary/aromatic N) is 2. The summed E-state index contributed by atoms with van der Waals surface area (Å²) in [5.74, 6) is 0. The molecule has 0 spiro atoms. The molecule has 5 heteroatoms. The number of fused-ring (bicyclic) bond motifs is 1. The van der Waals surface area contributed by atoms with Crippen molar-refractivity contribution >= 4 is 17.4 Å². The highest BCUT2D eigenvalue weighted by molar-refractivity contribution is 5.96. The Balaban J connectivity index is 1.58. The number of hydrogen-bond acceptors (Lipinski definition) is 3. The van der Waals surface area contributed by atoms with Crippen LogP contribution in [-0.2, 0) is 13.0 Å². The van der Waals surface area contributed by atoms with Crippen LogP contribution in [0.3, 0.4) is 0 Å². The lowest BCUT2D eigenvalue weighted by Gasteiger charge is -2.35. The Hall–Kier alpha value is -2.53. The van der Waals surface area contributed by atoms with Crippen LogP contribution in [0.1, 0.15) is 11.1 Å². The number of rotatable bonds is 4. The molecule has 126 valence electrons. The molecule has 0 aliphatic carbocycles. The SMILES string of the molecule is CN1CCN(C(=O)NCCc2ccc(CO)cc2)c2ccccc21. The van der Waals surface area contributed by atoms with E-state index in [2.05, 4.69) is 10.2 Å². The number of aliphatic hydroxyl groups excluding tert-OH is 1. The maximum atomic E-state index is 12.5. The van der Waals surface area contributed by atoms with Crippen molar-refractivity contribution in [1.29, 1.82) is 0 Å². The fourth-order valence-corrected chi connectivity index (χ4v) is 2.94. The zero-order valence-corrected chi connectivity index (χ0v) is 13.9. The van der Waals surface area contributed by atoms with Crippen molar-refractivity contribution < 1.29 is 9.90 Å². The number of urea groups is 1. The molecule has 0 aromatic heterocycles. The molecule has 24 heavy (non-hydrogen) atoms. The number of benzene rings is 2. The van der Waals surface area contributed by atoms with Crippen LogP contribution in [0.4, 0.5) is 16.2 Å². The second-order valence-corrected chi connectivity index (χ2v) is 6.02. The van der Waals surface area contributed by atoms with Crippen molar-refractivity contribution in [2.45, 2.75) is 13.0 Å². The molecule has 1 heterocycles. The van der Waals surface area contributed by atoms with E-state index in [0.717, 1.165) is 35.5 Å². The minimum absolute atomic E-state index is 0.0532. The largest absolute Gasteiger partial charge is 0.392 e. The van der Waals surface area contributed by atoms with Gasteiger partial charge in [0.1, 0.15) is 0 Å². The molecule has 5 nitrogen and oxygen atoms in total. The molecule has 2 aromatic rings. The van der Waals surface area contributed by atoms with Crippen molar-refractivity contribution in [2.24, 2.45) is 0 Å². The fourth-order valence-electron chi connectivity index (χ4n) is 2.94. The van der Waals surface area contributed by atoms with Crippen molar-refractivity contribution in [3.8, 4) is 0 Å². The minimum Gasteiger partial charge on any atom is -0.392 e. The van der Waals surface area contributed by atoms with Crippen LogP contribution in [-0.4, -0.2) is 37.8 Å². The van der Waals surface area contributed by atoms with Gasteiger partial charge in [-0.15, -0.1) is 0 Å². The number of amides is 2. The number of likely N-dealkylation sites (N-methyl/N-ethyl adjacent to an activating group) is 1. The summed E-state index contributed by atoms with van der Waals surface area (Å²) >= 11 is 0. The van der Waals surface area contributed by atoms with Gasteiger partial charge in [0, 0.05) is 26.7 Å². The van der Waals surface area contributed by atoms with Crippen LogP contribution in [0, 0.1) is 0 Å². The van der Waals surface area contributed by atoms with Crippen LogP contribution < -0.4 is 15.1 Å². The first-order chi connectivity index (χ1) is 11.7. The van der Waals surface area contributed by atoms with Gasteiger partial charge in [0.15, 0.2) is 0 Å². The normalized spacial score (nSPS) is 13.6. The average Bonchev–Trinajstić information content (AvgIpc) is 2.63. The second-order valence-electron chi connectivity index (χ2n) is 6.02. The number of carbonyl (C=O) groups is 1. The second kappa shape index (κ2) is 7.36. The van der Waals surface area contributed by atoms with Gasteiger partial charge in [-0.25, -0.2) is 4.79 Å². The Morgan fingerprint density at radius 1 is 1.04 bits per heavy atom. The smallest absolute Gasteiger partial charge is 0.322 e. The summed E-state index contributed by atoms with van der Waals surface area (Å²) in [6.07, 6.45) is 0.771. The van der Waals surface area contributed by atoms with E-state index in [9.17, 15) is 4.79 Å². The Morgan fingerprint density at radius 3 is 2.42 bits per heavy atom. The van der Waals surface area contributed by atoms with Gasteiger partial charge in [-0.1, -0.05) is 36.4 Å². The number of aliphatic hydroxyl groups is 1. The lowest BCUT2D eigenvalue weighted by atomic mass is 10.1. The zero-order chi connectivity index (χ0) is 16.9. The highest BCUT2D eigenvalue weighted by Crippen LogP contribution is 2.31. The summed E-state index contributed by atoms with van der Waals surface area (Å²) in [6, 6.07) is 15.7. The van der Waals surface area contributed by atoms with Gasteiger partial charge < -0.3 is 15.3 Å². The maximum Gasteiger partial charge on any atom is 0.322 e. The molecule has 0 fully saturated rings. The first-order valence-corrected chi connectivity index (χ1v) is 8.23. The molecule has 2 amide bonds. The molecular formula is C19H23N3O2. The highest BCUT2D eigenvalue weighted by atomic mass is 16.3. The number of para-hydroxylation sites is 2. The molecular weight excluding hydrogens is 302 g/mol. The predicted octanol–water partition coefficient (Wildman–Crippen LogP) is 2.39. The van der Waals surface area contributed by atoms with Crippen LogP contribution in [0.15, 0.2) is 48.5 Å². The summed E-state index contributed by atoms with van der Waals surface area (Å²) in [5, 5.41) is 12.1. The van der Waals surface area contributed by atoms with E-state index in [-0.39, 0.29) is 12.6 Å². The van der Waals surface area contributed by atoms with E-state index in [1.165, 1.54) is 0 Å². The molecule has 2 aromatic carbocycles. The van der Waals surface area contributed by atoms with Gasteiger partial charge in [-0.3, -0.25) is 4.90 Å². The van der Waals surface area contributed by atoms with Crippen molar-refractivity contribution in [2.75, 3.05) is 36.5 Å². The molecule has 1 aliphatic rings. The van der Waals surface area contributed by atoms with E-state index in [0.29, 0.717) is 13.1 Å². The number of carbonyl (C=O) groups excluding carboxylic acids is 1. The van der Waals surface area contributed by atoms with E-state index in [4.69, 9.17) is 5.11 Å². The third-order valence-electron chi connectivity index (χ3n) is 4.38. The highest BCUT2D eigenvalue weighted by Gasteiger charge is 2.24. The number of hydrogen-bond donors (Lipinski definition) is 2. The Labute approximate surface area is 142 Å². The molecule has 3 rings (SSSR count). The summed E-state index contributed by atoms with van der Waals surface area (Å²) in [6.45, 7) is 2.16. The van der Waals surface area contributed by atoms with Crippen molar-refractivity contribution in [3.05, 3.63) is 59.7 Å². The predicted molar refractivity (Wildman–Crippen MR) is 96.5 cm³/mol. The van der Waals surface area contributed by atoms with E-state index >= 15 is 0 Å². The van der Waals surface area contributed by atoms with Crippen LogP contribution >= 0.6 is 0 Å². The summed E-state index contributed by atoms with van der Waals surface area (Å²) in [4.78, 5) is 16.5. The molecule has 2 N–H and O–H groups in total. The van der Waals surface area contributed by atoms with Crippen LogP contribution in [0.5, 0.6) is 0 Å². The van der Waals surface area contributed by atoms with Crippen LogP contribution in [0.25, 0.3) is 0 Å². The first kappa shape index (κ1) is 16.3. The molecule has 0 saturated carbocycles. The maximum absolute atomic E-state index is 12.5. The van der Waals surface area contributed by atoms with Crippen molar-refractivity contribution in [1.82, 2.24) is 5.32 Å². The molecule has 0 radical (unpaired) electrons. The van der Waals surface area contributed by atoms with E-state index in [1.54, 1.807) is 0 Å². The van der Waals surface area contributed by atoms with Gasteiger partial charge >= 0.3 is 6.03 Å². The first-order valence-electron chi connectivity index (χ1n) is 8.23. The third kappa shape index (κ3) is 3.51. The van der Waals surface area contributed by atoms with Gasteiger partial charge in [0.2, 0.25) is 0 Å². The third-order valence-corrected chi connectivity index (χ3v) is 4.38. The summed E-state index contributed by atoms with van der Waals surface area (Å²) in [5.41, 5.74) is 4.08. The fraction of sp³-hybridized carbons (Fsp3) is 0.316. The van der Waals surface area contributed by atoms with E-state index < -0.39 is 0 Å². The van der Waals surface area contributed by atoms with E-state index in [1.807, 2.05) is 60.5 Å². The molecule has 0 saturated heterocycles. The monoisotopic (exact) mass is 325 g/mol. The molecule has 0 atom stereocenters. The van der Waals surface area contributed by atoms with Gasteiger partial charge in [0.05, 0.1) is 18.0 Å². The Morgan fingerprint density at radius 2 is 1.71 bits per heavy atom. The number of anilines is 2. The summed E-state index contributed by atoms with van der Waals surface area (Å²) < 4.78 is 0. The van der Waals surface area contributed by atoms with Gasteiger partial charge in [-0.05, 0) is 29.7 Å². The number of nitrogens with one attached hydrogen (secondary N) is 1. The molecule has 1 aliphatic heterocycles. The Kier molecular flexibility index (Phi) is 5.01.